The summed E-state index contributed by atoms with van der Waals surface area (Å²) in [4.78, 5) is 14.2. The SMILES string of the molecule is NC(O)=S.O=C(COC(=S)N(Cc1ccccc1)Cc1ccccc1)Nc1ccc(Cl)cc1Cl. The second kappa shape index (κ2) is 14.4. The number of benzene rings is 3. The van der Waals surface area contributed by atoms with E-state index >= 15 is 0 Å². The molecule has 0 fully saturated rings. The highest BCUT2D eigenvalue weighted by Crippen LogP contribution is 2.25. The topological polar surface area (TPSA) is 87.8 Å². The van der Waals surface area contributed by atoms with Gasteiger partial charge < -0.3 is 25.8 Å². The number of aliphatic hydroxyl groups excluding tert-OH is 1. The van der Waals surface area contributed by atoms with E-state index in [1.807, 2.05) is 65.6 Å². The summed E-state index contributed by atoms with van der Waals surface area (Å²) < 4.78 is 5.62. The number of nitrogens with one attached hydrogen (secondary N) is 1. The van der Waals surface area contributed by atoms with Crippen LogP contribution in [-0.4, -0.2) is 32.9 Å². The van der Waals surface area contributed by atoms with Gasteiger partial charge in [0, 0.05) is 18.1 Å². The molecule has 0 aliphatic heterocycles. The monoisotopic (exact) mass is 535 g/mol. The van der Waals surface area contributed by atoms with Gasteiger partial charge in [0.15, 0.2) is 6.61 Å². The molecule has 10 heteroatoms. The lowest BCUT2D eigenvalue weighted by atomic mass is 10.2. The molecular formula is C24H23Cl2N3O3S2. The fourth-order valence-corrected chi connectivity index (χ4v) is 3.43. The largest absolute Gasteiger partial charge is 0.487 e. The Labute approximate surface area is 219 Å². The number of nitrogens with zero attached hydrogens (tertiary/aromatic N) is 1. The number of hydrogen-bond donors (Lipinski definition) is 3. The third kappa shape index (κ3) is 10.4. The molecule has 6 nitrogen and oxygen atoms in total. The first-order chi connectivity index (χ1) is 16.2. The minimum Gasteiger partial charge on any atom is -0.487 e. The zero-order chi connectivity index (χ0) is 24.9. The van der Waals surface area contributed by atoms with Crippen LogP contribution in [0.3, 0.4) is 0 Å². The fraction of sp³-hybridized carbons (Fsp3) is 0.125. The predicted molar refractivity (Wildman–Crippen MR) is 145 cm³/mol. The molecule has 0 atom stereocenters. The molecule has 178 valence electrons. The molecule has 0 bridgehead atoms. The number of thiocarbonyl (C=S) groups is 2. The van der Waals surface area contributed by atoms with Crippen LogP contribution in [-0.2, 0) is 22.6 Å². The van der Waals surface area contributed by atoms with Gasteiger partial charge in [-0.1, -0.05) is 83.9 Å². The lowest BCUT2D eigenvalue weighted by Gasteiger charge is -2.25. The van der Waals surface area contributed by atoms with Gasteiger partial charge in [-0.2, -0.15) is 0 Å². The van der Waals surface area contributed by atoms with Crippen molar-refractivity contribution in [1.82, 2.24) is 4.90 Å². The lowest BCUT2D eigenvalue weighted by Crippen LogP contribution is -2.32. The average Bonchev–Trinajstić information content (AvgIpc) is 2.80. The van der Waals surface area contributed by atoms with Crippen molar-refractivity contribution in [3.63, 3.8) is 0 Å². The van der Waals surface area contributed by atoms with E-state index in [0.717, 1.165) is 11.1 Å². The van der Waals surface area contributed by atoms with Gasteiger partial charge >= 0.3 is 0 Å². The minimum absolute atomic E-state index is 0.224. The normalized spacial score (nSPS) is 9.82. The smallest absolute Gasteiger partial charge is 0.262 e. The Balaban J connectivity index is 0.000000945. The summed E-state index contributed by atoms with van der Waals surface area (Å²) in [6.45, 7) is 0.913. The number of rotatable bonds is 7. The van der Waals surface area contributed by atoms with Crippen molar-refractivity contribution >= 4 is 69.6 Å². The average molecular weight is 537 g/mol. The first-order valence-corrected chi connectivity index (χ1v) is 11.5. The van der Waals surface area contributed by atoms with Crippen LogP contribution in [0, 0.1) is 0 Å². The first kappa shape index (κ1) is 27.3. The predicted octanol–water partition coefficient (Wildman–Crippen LogP) is 5.72. The molecule has 0 spiro atoms. The van der Waals surface area contributed by atoms with E-state index in [0.29, 0.717) is 28.8 Å². The summed E-state index contributed by atoms with van der Waals surface area (Å²) >= 11 is 21.3. The Bertz CT molecular complexity index is 1060. The van der Waals surface area contributed by atoms with Crippen molar-refractivity contribution < 1.29 is 14.6 Å². The van der Waals surface area contributed by atoms with Gasteiger partial charge in [0.2, 0.25) is 0 Å². The van der Waals surface area contributed by atoms with Crippen LogP contribution in [0.25, 0.3) is 0 Å². The van der Waals surface area contributed by atoms with Crippen LogP contribution < -0.4 is 11.1 Å². The number of carbonyl (C=O) groups is 1. The van der Waals surface area contributed by atoms with Gasteiger partial charge in [0.1, 0.15) is 0 Å². The van der Waals surface area contributed by atoms with E-state index in [1.54, 1.807) is 18.2 Å². The lowest BCUT2D eigenvalue weighted by molar-refractivity contribution is -0.118. The molecule has 0 unspecified atom stereocenters. The third-order valence-electron chi connectivity index (χ3n) is 4.22. The molecule has 3 aromatic carbocycles. The van der Waals surface area contributed by atoms with Crippen LogP contribution >= 0.6 is 47.6 Å². The van der Waals surface area contributed by atoms with Crippen molar-refractivity contribution in [3.8, 4) is 0 Å². The highest BCUT2D eigenvalue weighted by Gasteiger charge is 2.15. The van der Waals surface area contributed by atoms with Crippen molar-refractivity contribution in [3.05, 3.63) is 100 Å². The minimum atomic E-state index is -0.500. The van der Waals surface area contributed by atoms with E-state index < -0.39 is 5.17 Å². The maximum atomic E-state index is 12.3. The molecule has 0 saturated heterocycles. The number of anilines is 1. The number of amides is 1. The number of halogens is 2. The molecule has 0 radical (unpaired) electrons. The number of ether oxygens (including phenoxy) is 1. The summed E-state index contributed by atoms with van der Waals surface area (Å²) in [5, 5.41) is 10.9. The summed E-state index contributed by atoms with van der Waals surface area (Å²) in [6, 6.07) is 24.8. The highest BCUT2D eigenvalue weighted by atomic mass is 35.5. The van der Waals surface area contributed by atoms with Crippen molar-refractivity contribution in [1.29, 1.82) is 0 Å². The fourth-order valence-electron chi connectivity index (χ4n) is 2.79. The van der Waals surface area contributed by atoms with E-state index in [4.69, 9.17) is 45.3 Å². The number of hydrogen-bond acceptors (Lipinski definition) is 4. The van der Waals surface area contributed by atoms with Gasteiger partial charge in [-0.15, -0.1) is 0 Å². The molecule has 1 amide bonds. The molecule has 34 heavy (non-hydrogen) atoms. The molecule has 0 aliphatic carbocycles. The maximum Gasteiger partial charge on any atom is 0.262 e. The van der Waals surface area contributed by atoms with Gasteiger partial charge in [-0.05, 0) is 53.8 Å². The van der Waals surface area contributed by atoms with E-state index in [9.17, 15) is 4.79 Å². The standard InChI is InChI=1S/C23H20Cl2N2O2S.CH3NOS/c24-19-11-12-21(20(25)13-19)26-22(28)16-29-23(30)27(14-17-7-3-1-4-8-17)15-18-9-5-2-6-10-18;2-1(3)4/h1-13H,14-16H2,(H,26,28);(H3,2,3,4). The second-order valence-electron chi connectivity index (χ2n) is 6.89. The molecule has 0 saturated carbocycles. The van der Waals surface area contributed by atoms with Gasteiger partial charge in [0.05, 0.1) is 10.7 Å². The van der Waals surface area contributed by atoms with Crippen molar-refractivity contribution in [2.75, 3.05) is 11.9 Å². The number of carbonyl (C=O) groups excluding carboxylic acids is 1. The Kier molecular flexibility index (Phi) is 11.6. The molecule has 3 aromatic rings. The molecule has 0 aliphatic rings. The molecule has 3 rings (SSSR count). The Morgan fingerprint density at radius 2 is 1.44 bits per heavy atom. The molecule has 4 N–H and O–H groups in total. The number of aliphatic hydroxyl groups is 1. The third-order valence-corrected chi connectivity index (χ3v) is 5.15. The zero-order valence-electron chi connectivity index (χ0n) is 18.0. The van der Waals surface area contributed by atoms with Crippen LogP contribution in [0.15, 0.2) is 78.9 Å². The van der Waals surface area contributed by atoms with E-state index in [1.165, 1.54) is 0 Å². The maximum absolute atomic E-state index is 12.3. The van der Waals surface area contributed by atoms with Crippen LogP contribution in [0.5, 0.6) is 0 Å². The summed E-state index contributed by atoms with van der Waals surface area (Å²) in [5.41, 5.74) is 7.05. The van der Waals surface area contributed by atoms with E-state index in [2.05, 4.69) is 23.3 Å². The Hall–Kier alpha value is -2.91. The summed E-state index contributed by atoms with van der Waals surface area (Å²) in [6.07, 6.45) is 0. The van der Waals surface area contributed by atoms with Gasteiger partial charge in [-0.3, -0.25) is 4.79 Å². The van der Waals surface area contributed by atoms with Crippen LogP contribution in [0.2, 0.25) is 10.0 Å². The van der Waals surface area contributed by atoms with Gasteiger partial charge in [0.25, 0.3) is 16.3 Å². The molecular weight excluding hydrogens is 513 g/mol. The summed E-state index contributed by atoms with van der Waals surface area (Å²) in [7, 11) is 0. The zero-order valence-corrected chi connectivity index (χ0v) is 21.1. The van der Waals surface area contributed by atoms with Crippen molar-refractivity contribution in [2.45, 2.75) is 13.1 Å². The first-order valence-electron chi connectivity index (χ1n) is 9.97. The van der Waals surface area contributed by atoms with Gasteiger partial charge in [-0.25, -0.2) is 0 Å². The Morgan fingerprint density at radius 1 is 0.941 bits per heavy atom. The molecule has 0 aromatic heterocycles. The van der Waals surface area contributed by atoms with Crippen molar-refractivity contribution in [2.24, 2.45) is 5.73 Å². The highest BCUT2D eigenvalue weighted by molar-refractivity contribution is 7.80. The molecule has 0 heterocycles. The quantitative estimate of drug-likeness (QED) is 0.333. The van der Waals surface area contributed by atoms with Crippen LogP contribution in [0.1, 0.15) is 11.1 Å². The van der Waals surface area contributed by atoms with E-state index in [-0.39, 0.29) is 17.7 Å². The second-order valence-corrected chi connectivity index (χ2v) is 8.50. The summed E-state index contributed by atoms with van der Waals surface area (Å²) in [5.74, 6) is -0.360. The van der Waals surface area contributed by atoms with Crippen LogP contribution in [0.4, 0.5) is 5.69 Å². The Morgan fingerprint density at radius 3 is 1.91 bits per heavy atom. The number of nitrogens with two attached hydrogens (primary N) is 1.